The first-order valence-corrected chi connectivity index (χ1v) is 6.89. The zero-order valence-electron chi connectivity index (χ0n) is 12.0. The van der Waals surface area contributed by atoms with Crippen LogP contribution in [-0.2, 0) is 13.1 Å². The van der Waals surface area contributed by atoms with Crippen LogP contribution in [-0.4, -0.2) is 19.3 Å². The molecule has 0 amide bonds. The van der Waals surface area contributed by atoms with Crippen molar-refractivity contribution in [2.45, 2.75) is 46.3 Å². The summed E-state index contributed by atoms with van der Waals surface area (Å²) in [5, 5.41) is 4.24. The van der Waals surface area contributed by atoms with Crippen LogP contribution in [0.1, 0.15) is 44.6 Å². The van der Waals surface area contributed by atoms with Gasteiger partial charge < -0.3 is 10.3 Å². The molecule has 2 aromatic heterocycles. The largest absolute Gasteiger partial charge is 0.346 e. The van der Waals surface area contributed by atoms with Crippen LogP contribution in [0.5, 0.6) is 0 Å². The lowest BCUT2D eigenvalue weighted by atomic mass is 10.00. The second-order valence-corrected chi connectivity index (χ2v) is 5.29. The maximum absolute atomic E-state index is 6.16. The molecule has 0 aromatic carbocycles. The Kier molecular flexibility index (Phi) is 4.37. The number of nitrogens with zero attached hydrogens (tertiary/aromatic N) is 4. The average Bonchev–Trinajstić information content (AvgIpc) is 3.00. The minimum absolute atomic E-state index is 0.0924. The lowest BCUT2D eigenvalue weighted by Crippen LogP contribution is -2.16. The summed E-state index contributed by atoms with van der Waals surface area (Å²) in [7, 11) is 0. The molecule has 2 aromatic rings. The number of rotatable bonds is 6. The smallest absolute Gasteiger partial charge is 0.146 e. The molecule has 2 heterocycles. The van der Waals surface area contributed by atoms with E-state index in [1.807, 2.05) is 4.68 Å². The lowest BCUT2D eigenvalue weighted by molar-refractivity contribution is 0.512. The quantitative estimate of drug-likeness (QED) is 0.867. The summed E-state index contributed by atoms with van der Waals surface area (Å²) in [5.41, 5.74) is 7.33. The second-order valence-electron chi connectivity index (χ2n) is 5.29. The third-order valence-corrected chi connectivity index (χ3v) is 3.33. The zero-order valence-corrected chi connectivity index (χ0v) is 12.0. The summed E-state index contributed by atoms with van der Waals surface area (Å²) in [6.45, 7) is 8.07. The van der Waals surface area contributed by atoms with Crippen LogP contribution >= 0.6 is 0 Å². The van der Waals surface area contributed by atoms with Gasteiger partial charge in [0.15, 0.2) is 0 Å². The van der Waals surface area contributed by atoms with Gasteiger partial charge in [0.1, 0.15) is 12.2 Å². The van der Waals surface area contributed by atoms with Crippen LogP contribution in [0.2, 0.25) is 0 Å². The van der Waals surface area contributed by atoms with Gasteiger partial charge in [-0.2, -0.15) is 5.10 Å². The van der Waals surface area contributed by atoms with Crippen molar-refractivity contribution in [2.24, 2.45) is 11.7 Å². The fourth-order valence-electron chi connectivity index (χ4n) is 2.11. The van der Waals surface area contributed by atoms with E-state index in [1.165, 1.54) is 5.56 Å². The number of hydrogen-bond acceptors (Lipinski definition) is 3. The van der Waals surface area contributed by atoms with Crippen LogP contribution in [0.25, 0.3) is 0 Å². The van der Waals surface area contributed by atoms with Crippen LogP contribution in [0.15, 0.2) is 24.8 Å². The highest BCUT2D eigenvalue weighted by Crippen LogP contribution is 2.19. The van der Waals surface area contributed by atoms with Crippen molar-refractivity contribution in [3.8, 4) is 0 Å². The summed E-state index contributed by atoms with van der Waals surface area (Å²) in [6.07, 6.45) is 6.85. The minimum Gasteiger partial charge on any atom is -0.346 e. The van der Waals surface area contributed by atoms with E-state index in [1.54, 1.807) is 6.33 Å². The Morgan fingerprint density at radius 1 is 1.37 bits per heavy atom. The van der Waals surface area contributed by atoms with Crippen molar-refractivity contribution in [2.75, 3.05) is 0 Å². The van der Waals surface area contributed by atoms with Crippen molar-refractivity contribution in [3.05, 3.63) is 36.2 Å². The second kappa shape index (κ2) is 6.02. The molecule has 2 N–H and O–H groups in total. The van der Waals surface area contributed by atoms with Crippen molar-refractivity contribution in [3.63, 3.8) is 0 Å². The summed E-state index contributed by atoms with van der Waals surface area (Å²) in [5.74, 6) is 1.43. The molecule has 0 aliphatic rings. The van der Waals surface area contributed by atoms with E-state index in [0.29, 0.717) is 5.92 Å². The third kappa shape index (κ3) is 3.23. The molecule has 5 nitrogen and oxygen atoms in total. The average molecular weight is 261 g/mol. The number of nitrogens with two attached hydrogens (primary N) is 1. The third-order valence-electron chi connectivity index (χ3n) is 3.33. The highest BCUT2D eigenvalue weighted by Gasteiger charge is 2.12. The van der Waals surface area contributed by atoms with Gasteiger partial charge in [-0.05, 0) is 24.0 Å². The fraction of sp³-hybridized carbons (Fsp3) is 0.571. The first kappa shape index (κ1) is 13.8. The maximum atomic E-state index is 6.16. The predicted octanol–water partition coefficient (Wildman–Crippen LogP) is 2.19. The first-order chi connectivity index (χ1) is 9.11. The molecule has 0 fully saturated rings. The van der Waals surface area contributed by atoms with Crippen molar-refractivity contribution >= 4 is 0 Å². The van der Waals surface area contributed by atoms with E-state index in [-0.39, 0.29) is 6.04 Å². The molecule has 1 unspecified atom stereocenters. The Morgan fingerprint density at radius 3 is 2.84 bits per heavy atom. The van der Waals surface area contributed by atoms with E-state index in [9.17, 15) is 0 Å². The standard InChI is InChI=1S/C14H23N5/c1-4-6-19-13(16-10-17-19)9-18-7-5-12(8-18)14(15)11(2)3/h5,7-8,10-11,14H,4,6,9,15H2,1-3H3. The maximum Gasteiger partial charge on any atom is 0.146 e. The molecule has 0 aliphatic heterocycles. The fourth-order valence-corrected chi connectivity index (χ4v) is 2.11. The van der Waals surface area contributed by atoms with Crippen molar-refractivity contribution in [1.82, 2.24) is 19.3 Å². The van der Waals surface area contributed by atoms with Crippen LogP contribution in [0.3, 0.4) is 0 Å². The lowest BCUT2D eigenvalue weighted by Gasteiger charge is -2.13. The molecular formula is C14H23N5. The van der Waals surface area contributed by atoms with E-state index in [4.69, 9.17) is 5.73 Å². The Morgan fingerprint density at radius 2 is 2.16 bits per heavy atom. The topological polar surface area (TPSA) is 61.7 Å². The van der Waals surface area contributed by atoms with Crippen LogP contribution < -0.4 is 5.73 Å². The van der Waals surface area contributed by atoms with Gasteiger partial charge in [-0.25, -0.2) is 9.67 Å². The van der Waals surface area contributed by atoms with Crippen molar-refractivity contribution in [1.29, 1.82) is 0 Å². The molecule has 104 valence electrons. The van der Waals surface area contributed by atoms with Gasteiger partial charge >= 0.3 is 0 Å². The number of aromatic nitrogens is 4. The molecule has 5 heteroatoms. The molecule has 0 saturated heterocycles. The molecule has 0 spiro atoms. The molecule has 0 radical (unpaired) electrons. The minimum atomic E-state index is 0.0924. The highest BCUT2D eigenvalue weighted by molar-refractivity contribution is 5.16. The monoisotopic (exact) mass is 261 g/mol. The molecule has 1 atom stereocenters. The van der Waals surface area contributed by atoms with E-state index in [2.05, 4.69) is 53.9 Å². The van der Waals surface area contributed by atoms with E-state index in [0.717, 1.165) is 25.3 Å². The normalized spacial score (nSPS) is 13.1. The SMILES string of the molecule is CCCn1ncnc1Cn1ccc(C(N)C(C)C)c1. The summed E-state index contributed by atoms with van der Waals surface area (Å²) < 4.78 is 4.08. The van der Waals surface area contributed by atoms with Gasteiger partial charge in [0.25, 0.3) is 0 Å². The molecule has 2 rings (SSSR count). The molecule has 19 heavy (non-hydrogen) atoms. The summed E-state index contributed by atoms with van der Waals surface area (Å²) >= 11 is 0. The van der Waals surface area contributed by atoms with Gasteiger partial charge in [-0.1, -0.05) is 20.8 Å². The predicted molar refractivity (Wildman–Crippen MR) is 75.6 cm³/mol. The summed E-state index contributed by atoms with van der Waals surface area (Å²) in [6, 6.07) is 2.18. The first-order valence-electron chi connectivity index (χ1n) is 6.89. The number of aryl methyl sites for hydroxylation is 1. The Hall–Kier alpha value is -1.62. The van der Waals surface area contributed by atoms with Gasteiger partial charge in [0.2, 0.25) is 0 Å². The van der Waals surface area contributed by atoms with Crippen LogP contribution in [0, 0.1) is 5.92 Å². The summed E-state index contributed by atoms with van der Waals surface area (Å²) in [4.78, 5) is 4.32. The van der Waals surface area contributed by atoms with Gasteiger partial charge in [-0.3, -0.25) is 0 Å². The van der Waals surface area contributed by atoms with Crippen LogP contribution in [0.4, 0.5) is 0 Å². The molecular weight excluding hydrogens is 238 g/mol. The Balaban J connectivity index is 2.09. The molecule has 0 aliphatic carbocycles. The Labute approximate surface area is 114 Å². The van der Waals surface area contributed by atoms with Gasteiger partial charge in [-0.15, -0.1) is 0 Å². The van der Waals surface area contributed by atoms with Gasteiger partial charge in [0, 0.05) is 25.0 Å². The van der Waals surface area contributed by atoms with Gasteiger partial charge in [0.05, 0.1) is 6.54 Å². The number of hydrogen-bond donors (Lipinski definition) is 1. The highest BCUT2D eigenvalue weighted by atomic mass is 15.3. The molecule has 0 bridgehead atoms. The molecule has 0 saturated carbocycles. The zero-order chi connectivity index (χ0) is 13.8. The van der Waals surface area contributed by atoms with E-state index >= 15 is 0 Å². The van der Waals surface area contributed by atoms with E-state index < -0.39 is 0 Å². The Bertz CT molecular complexity index is 511. The van der Waals surface area contributed by atoms with Crippen molar-refractivity contribution < 1.29 is 0 Å².